The number of hydrogen-bond donors (Lipinski definition) is 1. The molecule has 2 atom stereocenters. The fourth-order valence-corrected chi connectivity index (χ4v) is 4.22. The van der Waals surface area contributed by atoms with Gasteiger partial charge < -0.3 is 10.1 Å². The zero-order chi connectivity index (χ0) is 20.8. The van der Waals surface area contributed by atoms with Gasteiger partial charge in [-0.05, 0) is 43.6 Å². The Morgan fingerprint density at radius 2 is 1.80 bits per heavy atom. The van der Waals surface area contributed by atoms with E-state index in [0.29, 0.717) is 6.54 Å². The van der Waals surface area contributed by atoms with Gasteiger partial charge in [0.25, 0.3) is 0 Å². The third-order valence-corrected chi connectivity index (χ3v) is 5.70. The maximum Gasteiger partial charge on any atom is 0.249 e. The van der Waals surface area contributed by atoms with Crippen molar-refractivity contribution in [2.24, 2.45) is 0 Å². The highest BCUT2D eigenvalue weighted by atomic mass is 16.5. The largest absolute Gasteiger partial charge is 0.496 e. The summed E-state index contributed by atoms with van der Waals surface area (Å²) in [6, 6.07) is 19.3. The topological polar surface area (TPSA) is 59.4 Å². The molecule has 2 aromatic carbocycles. The van der Waals surface area contributed by atoms with Crippen LogP contribution in [0.4, 0.5) is 0 Å². The molecule has 0 bridgehead atoms. The lowest BCUT2D eigenvalue weighted by molar-refractivity contribution is -0.123. The van der Waals surface area contributed by atoms with Crippen molar-refractivity contribution in [1.82, 2.24) is 20.0 Å². The number of aromatic nitrogens is 2. The van der Waals surface area contributed by atoms with Gasteiger partial charge in [0.2, 0.25) is 5.91 Å². The standard InChI is InChI=1S/C24H28N4O2/c1-30-22-13-6-5-12-20(22)21(27-15-7-8-16-27)18-25-24(29)23(28-17-9-14-26-28)19-10-3-2-4-11-19/h2-6,9-14,17,21,23H,7-8,15-16,18H2,1H3,(H,25,29). The van der Waals surface area contributed by atoms with Crippen LogP contribution in [0, 0.1) is 0 Å². The minimum atomic E-state index is -0.502. The minimum Gasteiger partial charge on any atom is -0.496 e. The van der Waals surface area contributed by atoms with Crippen molar-refractivity contribution >= 4 is 5.91 Å². The molecule has 0 radical (unpaired) electrons. The average molecular weight is 405 g/mol. The lowest BCUT2D eigenvalue weighted by atomic mass is 10.0. The number of para-hydroxylation sites is 1. The smallest absolute Gasteiger partial charge is 0.249 e. The van der Waals surface area contributed by atoms with Crippen molar-refractivity contribution in [3.05, 3.63) is 84.2 Å². The first-order valence-electron chi connectivity index (χ1n) is 10.5. The molecule has 6 nitrogen and oxygen atoms in total. The van der Waals surface area contributed by atoms with Crippen LogP contribution in [-0.2, 0) is 4.79 Å². The zero-order valence-electron chi connectivity index (χ0n) is 17.3. The number of likely N-dealkylation sites (tertiary alicyclic amines) is 1. The zero-order valence-corrected chi connectivity index (χ0v) is 17.3. The number of hydrogen-bond acceptors (Lipinski definition) is 4. The quantitative estimate of drug-likeness (QED) is 0.625. The molecule has 0 aliphatic carbocycles. The Kier molecular flexibility index (Phi) is 6.44. The Hall–Kier alpha value is -3.12. The minimum absolute atomic E-state index is 0.0657. The molecule has 1 aliphatic heterocycles. The van der Waals surface area contributed by atoms with E-state index in [4.69, 9.17) is 4.74 Å². The van der Waals surface area contributed by atoms with Gasteiger partial charge in [0, 0.05) is 24.5 Å². The van der Waals surface area contributed by atoms with Gasteiger partial charge in [0.1, 0.15) is 5.75 Å². The Morgan fingerprint density at radius 1 is 1.07 bits per heavy atom. The van der Waals surface area contributed by atoms with Crippen LogP contribution in [0.25, 0.3) is 0 Å². The molecule has 0 spiro atoms. The van der Waals surface area contributed by atoms with E-state index in [9.17, 15) is 4.79 Å². The summed E-state index contributed by atoms with van der Waals surface area (Å²) in [5, 5.41) is 7.53. The molecule has 3 aromatic rings. The molecule has 1 aliphatic rings. The van der Waals surface area contributed by atoms with Gasteiger partial charge in [-0.15, -0.1) is 0 Å². The molecule has 1 amide bonds. The van der Waals surface area contributed by atoms with Crippen LogP contribution in [0.15, 0.2) is 73.1 Å². The van der Waals surface area contributed by atoms with E-state index in [2.05, 4.69) is 21.4 Å². The van der Waals surface area contributed by atoms with Gasteiger partial charge >= 0.3 is 0 Å². The van der Waals surface area contributed by atoms with Gasteiger partial charge in [-0.3, -0.25) is 14.4 Å². The second kappa shape index (κ2) is 9.59. The molecule has 1 aromatic heterocycles. The number of amides is 1. The van der Waals surface area contributed by atoms with E-state index >= 15 is 0 Å². The molecule has 156 valence electrons. The van der Waals surface area contributed by atoms with Crippen molar-refractivity contribution in [1.29, 1.82) is 0 Å². The molecule has 2 unspecified atom stereocenters. The molecule has 2 heterocycles. The fraction of sp³-hybridized carbons (Fsp3) is 0.333. The number of carbonyl (C=O) groups excluding carboxylic acids is 1. The molecule has 30 heavy (non-hydrogen) atoms. The molecule has 6 heteroatoms. The highest BCUT2D eigenvalue weighted by Crippen LogP contribution is 2.31. The molecule has 4 rings (SSSR count). The van der Waals surface area contributed by atoms with Crippen LogP contribution in [0.5, 0.6) is 5.75 Å². The summed E-state index contributed by atoms with van der Waals surface area (Å²) in [5.74, 6) is 0.791. The van der Waals surface area contributed by atoms with Crippen LogP contribution >= 0.6 is 0 Å². The highest BCUT2D eigenvalue weighted by molar-refractivity contribution is 5.83. The normalized spacial score (nSPS) is 16.2. The summed E-state index contributed by atoms with van der Waals surface area (Å²) in [7, 11) is 1.70. The number of ether oxygens (including phenoxy) is 1. The predicted octanol–water partition coefficient (Wildman–Crippen LogP) is 3.43. The maximum absolute atomic E-state index is 13.3. The van der Waals surface area contributed by atoms with Gasteiger partial charge in [-0.1, -0.05) is 48.5 Å². The maximum atomic E-state index is 13.3. The van der Waals surface area contributed by atoms with E-state index in [1.165, 1.54) is 12.8 Å². The number of nitrogens with zero attached hydrogens (tertiary/aromatic N) is 3. The molecule has 1 N–H and O–H groups in total. The Morgan fingerprint density at radius 3 is 2.50 bits per heavy atom. The van der Waals surface area contributed by atoms with Gasteiger partial charge in [-0.2, -0.15) is 5.10 Å². The lowest BCUT2D eigenvalue weighted by Gasteiger charge is -2.30. The van der Waals surface area contributed by atoms with Crippen LogP contribution in [0.3, 0.4) is 0 Å². The number of nitrogens with one attached hydrogen (secondary N) is 1. The molecular formula is C24H28N4O2. The summed E-state index contributed by atoms with van der Waals surface area (Å²) in [6.07, 6.45) is 5.89. The first-order chi connectivity index (χ1) is 14.8. The predicted molar refractivity (Wildman–Crippen MR) is 116 cm³/mol. The van der Waals surface area contributed by atoms with Crippen molar-refractivity contribution in [3.8, 4) is 5.75 Å². The lowest BCUT2D eigenvalue weighted by Crippen LogP contribution is -2.40. The van der Waals surface area contributed by atoms with Crippen LogP contribution < -0.4 is 10.1 Å². The number of methoxy groups -OCH3 is 1. The van der Waals surface area contributed by atoms with Crippen LogP contribution in [0.1, 0.15) is 36.1 Å². The third kappa shape index (κ3) is 4.39. The second-order valence-corrected chi connectivity index (χ2v) is 7.55. The van der Waals surface area contributed by atoms with E-state index in [-0.39, 0.29) is 11.9 Å². The monoisotopic (exact) mass is 404 g/mol. The second-order valence-electron chi connectivity index (χ2n) is 7.55. The van der Waals surface area contributed by atoms with Crippen molar-refractivity contribution in [2.75, 3.05) is 26.7 Å². The van der Waals surface area contributed by atoms with E-state index < -0.39 is 6.04 Å². The molecule has 0 saturated carbocycles. The fourth-order valence-electron chi connectivity index (χ4n) is 4.22. The van der Waals surface area contributed by atoms with Crippen molar-refractivity contribution in [3.63, 3.8) is 0 Å². The Labute approximate surface area is 177 Å². The molecular weight excluding hydrogens is 376 g/mol. The van der Waals surface area contributed by atoms with Crippen molar-refractivity contribution in [2.45, 2.75) is 24.9 Å². The number of carbonyl (C=O) groups is 1. The number of benzene rings is 2. The summed E-state index contributed by atoms with van der Waals surface area (Å²) >= 11 is 0. The molecule has 1 fully saturated rings. The third-order valence-electron chi connectivity index (χ3n) is 5.70. The van der Waals surface area contributed by atoms with Gasteiger partial charge in [0.05, 0.1) is 13.2 Å². The first-order valence-corrected chi connectivity index (χ1v) is 10.5. The Balaban J connectivity index is 1.57. The first kappa shape index (κ1) is 20.2. The SMILES string of the molecule is COc1ccccc1C(CNC(=O)C(c1ccccc1)n1cccn1)N1CCCC1. The summed E-state index contributed by atoms with van der Waals surface area (Å²) in [5.41, 5.74) is 2.02. The van der Waals surface area contributed by atoms with Crippen LogP contribution in [-0.4, -0.2) is 47.3 Å². The number of rotatable bonds is 8. The Bertz CT molecular complexity index is 937. The van der Waals surface area contributed by atoms with Crippen LogP contribution in [0.2, 0.25) is 0 Å². The van der Waals surface area contributed by atoms with Crippen molar-refractivity contribution < 1.29 is 9.53 Å². The van der Waals surface area contributed by atoms with E-state index in [1.807, 2.05) is 60.8 Å². The summed E-state index contributed by atoms with van der Waals surface area (Å²) in [6.45, 7) is 2.57. The van der Waals surface area contributed by atoms with E-state index in [0.717, 1.165) is 30.0 Å². The average Bonchev–Trinajstić information content (AvgIpc) is 3.50. The summed E-state index contributed by atoms with van der Waals surface area (Å²) in [4.78, 5) is 15.8. The molecule has 1 saturated heterocycles. The summed E-state index contributed by atoms with van der Waals surface area (Å²) < 4.78 is 7.32. The van der Waals surface area contributed by atoms with Gasteiger partial charge in [-0.25, -0.2) is 0 Å². The van der Waals surface area contributed by atoms with Gasteiger partial charge in [0.15, 0.2) is 6.04 Å². The van der Waals surface area contributed by atoms with E-state index in [1.54, 1.807) is 18.0 Å². The highest BCUT2D eigenvalue weighted by Gasteiger charge is 2.28.